The van der Waals surface area contributed by atoms with Crippen molar-refractivity contribution in [2.45, 2.75) is 69.6 Å². The lowest BCUT2D eigenvalue weighted by Gasteiger charge is -2.38. The summed E-state index contributed by atoms with van der Waals surface area (Å²) in [7, 11) is 0. The first-order valence-electron chi connectivity index (χ1n) is 14.6. The van der Waals surface area contributed by atoms with E-state index in [0.717, 1.165) is 24.9 Å². The smallest absolute Gasteiger partial charge is 0.249 e. The first-order valence-corrected chi connectivity index (χ1v) is 14.6. The molecule has 1 spiro atoms. The highest BCUT2D eigenvalue weighted by atomic mass is 16.5. The number of nitrogens with zero attached hydrogens (tertiary/aromatic N) is 3. The topological polar surface area (TPSA) is 90.4 Å². The maximum atomic E-state index is 14.4. The third kappa shape index (κ3) is 4.51. The van der Waals surface area contributed by atoms with Crippen LogP contribution in [0.4, 0.5) is 5.69 Å². The predicted molar refractivity (Wildman–Crippen MR) is 149 cm³/mol. The lowest BCUT2D eigenvalue weighted by atomic mass is 9.73. The number of unbranched alkanes of at least 4 members (excludes halogenated alkanes) is 3. The van der Waals surface area contributed by atoms with Crippen LogP contribution < -0.4 is 4.90 Å². The molecule has 2 fully saturated rings. The first kappa shape index (κ1) is 27.6. The number of fused-ring (bicyclic) bond motifs is 2. The molecule has 8 heteroatoms. The molecule has 1 aromatic rings. The zero-order valence-electron chi connectivity index (χ0n) is 23.1. The summed E-state index contributed by atoms with van der Waals surface area (Å²) < 4.78 is 7.00. The molecule has 0 saturated carbocycles. The number of rotatable bonds is 10. The molecule has 5 atom stereocenters. The Kier molecular flexibility index (Phi) is 7.96. The molecule has 0 radical (unpaired) electrons. The summed E-state index contributed by atoms with van der Waals surface area (Å²) in [5, 5.41) is 9.41. The van der Waals surface area contributed by atoms with Gasteiger partial charge in [0.15, 0.2) is 0 Å². The molecule has 3 amide bonds. The number of para-hydroxylation sites is 1. The predicted octanol–water partition coefficient (Wildman–Crippen LogP) is 3.31. The standard InChI is InChI=1S/C31H41N3O5/c1-3-5-9-18-32-19-13-17-31-25(28(37)34(20-10-11-22-35)26(31)29(32)38)24-27(36)33(23-14-7-6-8-15-23)21-12-16-30(24,4-2)39-31/h6-8,12-17,24-26,35H,3-5,9-11,18-22H2,1-2H3/t24-,25-,26?,30+,31-/m0/s1. The van der Waals surface area contributed by atoms with Crippen molar-refractivity contribution in [3.05, 3.63) is 54.6 Å². The number of carbonyl (C=O) groups is 3. The molecule has 8 nitrogen and oxygen atoms in total. The summed E-state index contributed by atoms with van der Waals surface area (Å²) in [5.41, 5.74) is -1.44. The van der Waals surface area contributed by atoms with Crippen LogP contribution in [0.25, 0.3) is 0 Å². The van der Waals surface area contributed by atoms with Crippen LogP contribution >= 0.6 is 0 Å². The van der Waals surface area contributed by atoms with Crippen LogP contribution in [-0.2, 0) is 19.1 Å². The summed E-state index contributed by atoms with van der Waals surface area (Å²) in [4.78, 5) is 48.2. The van der Waals surface area contributed by atoms with Crippen molar-refractivity contribution in [1.29, 1.82) is 0 Å². The van der Waals surface area contributed by atoms with Gasteiger partial charge in [-0.1, -0.05) is 69.2 Å². The third-order valence-corrected chi connectivity index (χ3v) is 8.93. The summed E-state index contributed by atoms with van der Waals surface area (Å²) in [5.74, 6) is -2.04. The number of anilines is 1. The Morgan fingerprint density at radius 3 is 2.33 bits per heavy atom. The van der Waals surface area contributed by atoms with Crippen molar-refractivity contribution in [2.24, 2.45) is 11.8 Å². The highest BCUT2D eigenvalue weighted by Gasteiger charge is 2.75. The minimum absolute atomic E-state index is 0.0195. The Bertz CT molecular complexity index is 1140. The number of hydrogen-bond acceptors (Lipinski definition) is 5. The van der Waals surface area contributed by atoms with Gasteiger partial charge in [0.1, 0.15) is 11.6 Å². The number of ether oxygens (including phenoxy) is 1. The zero-order valence-corrected chi connectivity index (χ0v) is 23.1. The van der Waals surface area contributed by atoms with Crippen molar-refractivity contribution < 1.29 is 24.2 Å². The molecule has 0 aromatic heterocycles. The van der Waals surface area contributed by atoms with E-state index in [1.54, 1.807) is 9.80 Å². The van der Waals surface area contributed by atoms with E-state index >= 15 is 0 Å². The fourth-order valence-electron chi connectivity index (χ4n) is 7.03. The Hall–Kier alpha value is -2.97. The van der Waals surface area contributed by atoms with Gasteiger partial charge in [-0.25, -0.2) is 0 Å². The second-order valence-electron chi connectivity index (χ2n) is 11.2. The average Bonchev–Trinajstić information content (AvgIpc) is 3.23. The Balaban J connectivity index is 1.59. The van der Waals surface area contributed by atoms with E-state index in [1.807, 2.05) is 66.5 Å². The lowest BCUT2D eigenvalue weighted by molar-refractivity contribution is -0.152. The summed E-state index contributed by atoms with van der Waals surface area (Å²) in [6.07, 6.45) is 12.4. The van der Waals surface area contributed by atoms with E-state index < -0.39 is 29.1 Å². The van der Waals surface area contributed by atoms with E-state index in [4.69, 9.17) is 4.74 Å². The molecule has 0 bridgehead atoms. The fourth-order valence-corrected chi connectivity index (χ4v) is 7.03. The first-order chi connectivity index (χ1) is 18.9. The number of hydrogen-bond donors (Lipinski definition) is 1. The van der Waals surface area contributed by atoms with Gasteiger partial charge in [-0.2, -0.15) is 0 Å². The molecule has 1 N–H and O–H groups in total. The van der Waals surface area contributed by atoms with Crippen molar-refractivity contribution in [3.8, 4) is 0 Å². The lowest BCUT2D eigenvalue weighted by Crippen LogP contribution is -2.56. The van der Waals surface area contributed by atoms with Crippen molar-refractivity contribution in [2.75, 3.05) is 37.7 Å². The second-order valence-corrected chi connectivity index (χ2v) is 11.2. The second kappa shape index (κ2) is 11.3. The maximum absolute atomic E-state index is 14.4. The van der Waals surface area contributed by atoms with Crippen LogP contribution in [0.3, 0.4) is 0 Å². The number of likely N-dealkylation sites (tertiary alicyclic amines) is 1. The number of benzene rings is 1. The Labute approximate surface area is 231 Å². The molecule has 4 aliphatic rings. The van der Waals surface area contributed by atoms with Crippen molar-refractivity contribution >= 4 is 23.4 Å². The van der Waals surface area contributed by atoms with Crippen LogP contribution in [0.1, 0.15) is 52.4 Å². The summed E-state index contributed by atoms with van der Waals surface area (Å²) >= 11 is 0. The number of carbonyl (C=O) groups excluding carboxylic acids is 3. The van der Waals surface area contributed by atoms with Gasteiger partial charge < -0.3 is 24.5 Å². The molecular weight excluding hydrogens is 494 g/mol. The van der Waals surface area contributed by atoms with Crippen LogP contribution in [0, 0.1) is 11.8 Å². The molecule has 39 heavy (non-hydrogen) atoms. The van der Waals surface area contributed by atoms with Crippen molar-refractivity contribution in [3.63, 3.8) is 0 Å². The van der Waals surface area contributed by atoms with Crippen LogP contribution in [0.15, 0.2) is 54.6 Å². The largest absolute Gasteiger partial charge is 0.396 e. The van der Waals surface area contributed by atoms with E-state index in [2.05, 4.69) is 6.92 Å². The van der Waals surface area contributed by atoms with E-state index in [9.17, 15) is 19.5 Å². The van der Waals surface area contributed by atoms with Crippen molar-refractivity contribution in [1.82, 2.24) is 9.80 Å². The normalized spacial score (nSPS) is 31.8. The van der Waals surface area contributed by atoms with Gasteiger partial charge in [-0.3, -0.25) is 14.4 Å². The number of aliphatic hydroxyl groups is 1. The Morgan fingerprint density at radius 2 is 1.62 bits per heavy atom. The third-order valence-electron chi connectivity index (χ3n) is 8.93. The Morgan fingerprint density at radius 1 is 0.872 bits per heavy atom. The van der Waals surface area contributed by atoms with Crippen LogP contribution in [-0.4, -0.2) is 82.7 Å². The van der Waals surface area contributed by atoms with Crippen LogP contribution in [0.2, 0.25) is 0 Å². The van der Waals surface area contributed by atoms with Gasteiger partial charge >= 0.3 is 0 Å². The summed E-state index contributed by atoms with van der Waals surface area (Å²) in [6, 6.07) is 8.68. The number of amides is 3. The molecule has 1 aromatic carbocycles. The minimum atomic E-state index is -1.23. The molecule has 5 rings (SSSR count). The average molecular weight is 536 g/mol. The monoisotopic (exact) mass is 535 g/mol. The molecule has 0 aliphatic carbocycles. The SMILES string of the molecule is CCCCCN1CC=C[C@]23O[C@]4(CC)C=CCN(c5ccccc5)C(=O)[C@@H]4[C@H]2C(=O)N(CCCCO)C3C1=O. The number of aliphatic hydroxyl groups excluding tert-OH is 1. The van der Waals surface area contributed by atoms with Crippen LogP contribution in [0.5, 0.6) is 0 Å². The van der Waals surface area contributed by atoms with Gasteiger partial charge in [0, 0.05) is 38.5 Å². The van der Waals surface area contributed by atoms with E-state index in [0.29, 0.717) is 45.4 Å². The van der Waals surface area contributed by atoms with Gasteiger partial charge in [0.25, 0.3) is 0 Å². The fraction of sp³-hybridized carbons (Fsp3) is 0.581. The molecule has 210 valence electrons. The molecule has 4 aliphatic heterocycles. The highest BCUT2D eigenvalue weighted by molar-refractivity contribution is 6.04. The molecule has 1 unspecified atom stereocenters. The minimum Gasteiger partial charge on any atom is -0.396 e. The molecule has 4 heterocycles. The van der Waals surface area contributed by atoms with Gasteiger partial charge in [0.2, 0.25) is 17.7 Å². The highest BCUT2D eigenvalue weighted by Crippen LogP contribution is 2.58. The van der Waals surface area contributed by atoms with E-state index in [1.165, 1.54) is 0 Å². The van der Waals surface area contributed by atoms with Gasteiger partial charge in [-0.05, 0) is 37.8 Å². The van der Waals surface area contributed by atoms with Gasteiger partial charge in [-0.15, -0.1) is 0 Å². The molecule has 2 saturated heterocycles. The van der Waals surface area contributed by atoms with Gasteiger partial charge in [0.05, 0.1) is 17.4 Å². The molecular formula is C31H41N3O5. The summed E-state index contributed by atoms with van der Waals surface area (Å²) in [6.45, 7) is 5.94. The zero-order chi connectivity index (χ0) is 27.6. The quantitative estimate of drug-likeness (QED) is 0.367. The van der Waals surface area contributed by atoms with E-state index in [-0.39, 0.29) is 24.3 Å². The maximum Gasteiger partial charge on any atom is 0.249 e.